The molecule has 2 aromatic carbocycles. The van der Waals surface area contributed by atoms with E-state index in [4.69, 9.17) is 9.68 Å². The van der Waals surface area contributed by atoms with Crippen LogP contribution in [0.15, 0.2) is 65.3 Å². The number of benzene rings is 2. The summed E-state index contributed by atoms with van der Waals surface area (Å²) in [6, 6.07) is 18.6. The zero-order valence-corrected chi connectivity index (χ0v) is 16.4. The van der Waals surface area contributed by atoms with Crippen molar-refractivity contribution < 1.29 is 9.21 Å². The van der Waals surface area contributed by atoms with Gasteiger partial charge in [-0.1, -0.05) is 35.4 Å². The molecule has 0 saturated heterocycles. The first kappa shape index (κ1) is 19.1. The van der Waals surface area contributed by atoms with Gasteiger partial charge in [0.2, 0.25) is 0 Å². The second-order valence-electron chi connectivity index (χ2n) is 6.76. The predicted octanol–water partition coefficient (Wildman–Crippen LogP) is 3.59. The van der Waals surface area contributed by atoms with Gasteiger partial charge in [0.1, 0.15) is 11.8 Å². The van der Waals surface area contributed by atoms with E-state index in [1.54, 1.807) is 12.3 Å². The largest absolute Gasteiger partial charge is 0.467 e. The molecule has 0 saturated carbocycles. The summed E-state index contributed by atoms with van der Waals surface area (Å²) in [5.41, 5.74) is 3.47. The molecule has 1 amide bonds. The molecule has 2 aromatic heterocycles. The van der Waals surface area contributed by atoms with E-state index in [1.807, 2.05) is 68.4 Å². The fraction of sp³-hybridized carbons (Fsp3) is 0.136. The van der Waals surface area contributed by atoms with Crippen molar-refractivity contribution in [3.05, 3.63) is 83.6 Å². The van der Waals surface area contributed by atoms with Gasteiger partial charge in [-0.05, 0) is 60.0 Å². The van der Waals surface area contributed by atoms with Gasteiger partial charge in [-0.2, -0.15) is 5.26 Å². The first-order valence-corrected chi connectivity index (χ1v) is 9.31. The highest BCUT2D eigenvalue weighted by molar-refractivity contribution is 5.98. The number of aromatic nitrogens is 4. The molecule has 8 heteroatoms. The summed E-state index contributed by atoms with van der Waals surface area (Å²) >= 11 is 0. The summed E-state index contributed by atoms with van der Waals surface area (Å²) in [6.45, 7) is 3.66. The SMILES string of the molecule is Cc1c(C(=O)NC(C)c2ccco2)cc(-c2ccccc2)cc1-n1nnc(C#N)n1. The number of tetrazole rings is 1. The van der Waals surface area contributed by atoms with Gasteiger partial charge in [-0.3, -0.25) is 4.79 Å². The smallest absolute Gasteiger partial charge is 0.274 e. The Balaban J connectivity index is 1.79. The maximum atomic E-state index is 13.1. The number of carbonyl (C=O) groups is 1. The van der Waals surface area contributed by atoms with E-state index in [0.717, 1.165) is 11.1 Å². The Bertz CT molecular complexity index is 1220. The van der Waals surface area contributed by atoms with Crippen LogP contribution in [0.25, 0.3) is 16.8 Å². The monoisotopic (exact) mass is 398 g/mol. The lowest BCUT2D eigenvalue weighted by atomic mass is 9.97. The Hall–Kier alpha value is -4.25. The van der Waals surface area contributed by atoms with E-state index in [-0.39, 0.29) is 17.8 Å². The van der Waals surface area contributed by atoms with E-state index in [9.17, 15) is 4.79 Å². The molecule has 0 aliphatic carbocycles. The van der Waals surface area contributed by atoms with Crippen molar-refractivity contribution in [1.82, 2.24) is 25.5 Å². The molecule has 8 nitrogen and oxygen atoms in total. The number of hydrogen-bond acceptors (Lipinski definition) is 6. The zero-order chi connectivity index (χ0) is 21.1. The molecule has 0 aliphatic rings. The van der Waals surface area contributed by atoms with Crippen molar-refractivity contribution in [2.24, 2.45) is 0 Å². The molecule has 148 valence electrons. The number of nitrogens with zero attached hydrogens (tertiary/aromatic N) is 5. The standard InChI is InChI=1S/C22H18N6O2/c1-14-18(22(29)24-15(2)20-9-6-10-30-20)11-17(16-7-4-3-5-8-16)12-19(14)28-26-21(13-23)25-27-28/h3-12,15H,1-2H3,(H,24,29). The minimum Gasteiger partial charge on any atom is -0.467 e. The van der Waals surface area contributed by atoms with Crippen LogP contribution in [0.2, 0.25) is 0 Å². The third-order valence-corrected chi connectivity index (χ3v) is 4.78. The third kappa shape index (κ3) is 3.69. The summed E-state index contributed by atoms with van der Waals surface area (Å²) in [6.07, 6.45) is 1.57. The van der Waals surface area contributed by atoms with E-state index in [1.165, 1.54) is 4.80 Å². The van der Waals surface area contributed by atoms with E-state index in [2.05, 4.69) is 20.7 Å². The average Bonchev–Trinajstić information content (AvgIpc) is 3.46. The highest BCUT2D eigenvalue weighted by Gasteiger charge is 2.20. The molecule has 30 heavy (non-hydrogen) atoms. The topological polar surface area (TPSA) is 110 Å². The van der Waals surface area contributed by atoms with E-state index < -0.39 is 0 Å². The van der Waals surface area contributed by atoms with Crippen LogP contribution in [-0.2, 0) is 0 Å². The molecule has 1 atom stereocenters. The van der Waals surface area contributed by atoms with Crippen molar-refractivity contribution in [2.75, 3.05) is 0 Å². The Morgan fingerprint density at radius 3 is 2.63 bits per heavy atom. The van der Waals surface area contributed by atoms with Crippen LogP contribution in [0, 0.1) is 18.3 Å². The van der Waals surface area contributed by atoms with Crippen molar-refractivity contribution >= 4 is 5.91 Å². The van der Waals surface area contributed by atoms with Crippen LogP contribution < -0.4 is 5.32 Å². The lowest BCUT2D eigenvalue weighted by Crippen LogP contribution is -2.27. The second-order valence-corrected chi connectivity index (χ2v) is 6.76. The molecule has 1 unspecified atom stereocenters. The number of hydrogen-bond donors (Lipinski definition) is 1. The number of furan rings is 1. The lowest BCUT2D eigenvalue weighted by molar-refractivity contribution is 0.0934. The van der Waals surface area contributed by atoms with E-state index in [0.29, 0.717) is 22.6 Å². The molecule has 0 spiro atoms. The minimum atomic E-state index is -0.301. The van der Waals surface area contributed by atoms with Crippen LogP contribution in [0.4, 0.5) is 0 Å². The average molecular weight is 398 g/mol. The first-order valence-electron chi connectivity index (χ1n) is 9.31. The molecular weight excluding hydrogens is 380 g/mol. The van der Waals surface area contributed by atoms with Crippen LogP contribution in [0.5, 0.6) is 0 Å². The van der Waals surface area contributed by atoms with Crippen molar-refractivity contribution in [3.8, 4) is 22.9 Å². The van der Waals surface area contributed by atoms with Crippen molar-refractivity contribution in [2.45, 2.75) is 19.9 Å². The predicted molar refractivity (Wildman–Crippen MR) is 109 cm³/mol. The van der Waals surface area contributed by atoms with Gasteiger partial charge in [0.15, 0.2) is 0 Å². The Morgan fingerprint density at radius 2 is 1.97 bits per heavy atom. The minimum absolute atomic E-state index is 0.0445. The summed E-state index contributed by atoms with van der Waals surface area (Å²) in [5.74, 6) is 0.366. The van der Waals surface area contributed by atoms with Crippen LogP contribution in [-0.4, -0.2) is 26.1 Å². The first-order chi connectivity index (χ1) is 14.6. The summed E-state index contributed by atoms with van der Waals surface area (Å²) in [7, 11) is 0. The van der Waals surface area contributed by atoms with Gasteiger partial charge in [0.25, 0.3) is 11.7 Å². The molecule has 0 bridgehead atoms. The van der Waals surface area contributed by atoms with E-state index >= 15 is 0 Å². The van der Waals surface area contributed by atoms with Gasteiger partial charge >= 0.3 is 0 Å². The number of amides is 1. The van der Waals surface area contributed by atoms with Gasteiger partial charge in [-0.15, -0.1) is 9.90 Å². The van der Waals surface area contributed by atoms with Crippen molar-refractivity contribution in [1.29, 1.82) is 5.26 Å². The zero-order valence-electron chi connectivity index (χ0n) is 16.4. The highest BCUT2D eigenvalue weighted by atomic mass is 16.3. The van der Waals surface area contributed by atoms with Gasteiger partial charge in [-0.25, -0.2) is 0 Å². The van der Waals surface area contributed by atoms with Gasteiger partial charge in [0.05, 0.1) is 18.0 Å². The number of nitrogens with one attached hydrogen (secondary N) is 1. The maximum Gasteiger partial charge on any atom is 0.274 e. The molecular formula is C22H18N6O2. The summed E-state index contributed by atoms with van der Waals surface area (Å²) in [4.78, 5) is 14.4. The molecule has 2 heterocycles. The number of nitriles is 1. The number of rotatable bonds is 5. The fourth-order valence-electron chi connectivity index (χ4n) is 3.18. The fourth-order valence-corrected chi connectivity index (χ4v) is 3.18. The quantitative estimate of drug-likeness (QED) is 0.550. The molecule has 1 N–H and O–H groups in total. The van der Waals surface area contributed by atoms with Crippen LogP contribution >= 0.6 is 0 Å². The van der Waals surface area contributed by atoms with Gasteiger partial charge in [0, 0.05) is 5.56 Å². The second kappa shape index (κ2) is 8.01. The molecule has 4 rings (SSSR count). The Labute approximate surface area is 172 Å². The maximum absolute atomic E-state index is 13.1. The summed E-state index contributed by atoms with van der Waals surface area (Å²) < 4.78 is 5.39. The normalized spacial score (nSPS) is 11.6. The third-order valence-electron chi connectivity index (χ3n) is 4.78. The Kier molecular flexibility index (Phi) is 5.09. The Morgan fingerprint density at radius 1 is 1.17 bits per heavy atom. The van der Waals surface area contributed by atoms with Crippen LogP contribution in [0.3, 0.4) is 0 Å². The van der Waals surface area contributed by atoms with Crippen LogP contribution in [0.1, 0.15) is 40.5 Å². The molecule has 4 aromatic rings. The summed E-state index contributed by atoms with van der Waals surface area (Å²) in [5, 5.41) is 23.8. The lowest BCUT2D eigenvalue weighted by Gasteiger charge is -2.16. The molecule has 0 fully saturated rings. The van der Waals surface area contributed by atoms with Gasteiger partial charge < -0.3 is 9.73 Å². The molecule has 0 radical (unpaired) electrons. The number of carbonyl (C=O) groups excluding carboxylic acids is 1. The highest BCUT2D eigenvalue weighted by Crippen LogP contribution is 2.28. The molecule has 0 aliphatic heterocycles. The van der Waals surface area contributed by atoms with Crippen molar-refractivity contribution in [3.63, 3.8) is 0 Å².